The molecule has 0 bridgehead atoms. The largest absolute Gasteiger partial charge is 0.355 e. The number of halogens is 1. The zero-order valence-corrected chi connectivity index (χ0v) is 10.6. The van der Waals surface area contributed by atoms with Crippen molar-refractivity contribution >= 4 is 5.91 Å². The number of nitrogens with one attached hydrogen (secondary N) is 1. The molecule has 0 aliphatic heterocycles. The second-order valence-electron chi connectivity index (χ2n) is 5.07. The lowest BCUT2D eigenvalue weighted by atomic mass is 10.1. The fourth-order valence-corrected chi connectivity index (χ4v) is 2.04. The minimum absolute atomic E-state index is 0.0591. The molecule has 3 nitrogen and oxygen atoms in total. The van der Waals surface area contributed by atoms with Gasteiger partial charge in [0.15, 0.2) is 0 Å². The van der Waals surface area contributed by atoms with Crippen LogP contribution in [0.2, 0.25) is 0 Å². The highest BCUT2D eigenvalue weighted by molar-refractivity contribution is 5.85. The molecule has 18 heavy (non-hydrogen) atoms. The molecule has 1 aromatic rings. The van der Waals surface area contributed by atoms with Crippen LogP contribution in [0.25, 0.3) is 0 Å². The number of aryl methyl sites for hydroxylation is 1. The second kappa shape index (κ2) is 5.06. The quantitative estimate of drug-likeness (QED) is 0.832. The van der Waals surface area contributed by atoms with E-state index in [2.05, 4.69) is 5.32 Å². The van der Waals surface area contributed by atoms with E-state index in [1.807, 2.05) is 6.07 Å². The van der Waals surface area contributed by atoms with E-state index in [9.17, 15) is 9.18 Å². The molecule has 1 aromatic carbocycles. The van der Waals surface area contributed by atoms with Gasteiger partial charge >= 0.3 is 0 Å². The summed E-state index contributed by atoms with van der Waals surface area (Å²) >= 11 is 0. The predicted molar refractivity (Wildman–Crippen MR) is 68.6 cm³/mol. The summed E-state index contributed by atoms with van der Waals surface area (Å²) in [5.41, 5.74) is 6.97. The third kappa shape index (κ3) is 2.70. The number of rotatable bonds is 5. The van der Waals surface area contributed by atoms with Gasteiger partial charge in [-0.1, -0.05) is 12.1 Å². The molecule has 1 fully saturated rings. The first-order chi connectivity index (χ1) is 8.57. The Morgan fingerprint density at radius 1 is 1.50 bits per heavy atom. The van der Waals surface area contributed by atoms with Crippen molar-refractivity contribution in [3.8, 4) is 0 Å². The van der Waals surface area contributed by atoms with Gasteiger partial charge in [0.25, 0.3) is 0 Å². The Bertz CT molecular complexity index is 455. The first-order valence-corrected chi connectivity index (χ1v) is 6.31. The highest BCUT2D eigenvalue weighted by Crippen LogP contribution is 2.44. The van der Waals surface area contributed by atoms with Crippen molar-refractivity contribution < 1.29 is 9.18 Å². The van der Waals surface area contributed by atoms with Gasteiger partial charge in [0.1, 0.15) is 5.82 Å². The first kappa shape index (κ1) is 13.0. The summed E-state index contributed by atoms with van der Waals surface area (Å²) in [7, 11) is 0. The molecule has 2 rings (SSSR count). The van der Waals surface area contributed by atoms with Crippen LogP contribution in [0.3, 0.4) is 0 Å². The van der Waals surface area contributed by atoms with Crippen LogP contribution in [0.15, 0.2) is 18.2 Å². The third-order valence-corrected chi connectivity index (χ3v) is 3.65. The average Bonchev–Trinajstić information content (AvgIpc) is 3.14. The fourth-order valence-electron chi connectivity index (χ4n) is 2.04. The summed E-state index contributed by atoms with van der Waals surface area (Å²) in [5, 5.41) is 2.91. The smallest absolute Gasteiger partial charge is 0.227 e. The van der Waals surface area contributed by atoms with Crippen molar-refractivity contribution in [1.29, 1.82) is 0 Å². The van der Waals surface area contributed by atoms with Crippen LogP contribution in [0, 0.1) is 18.2 Å². The van der Waals surface area contributed by atoms with Gasteiger partial charge in [-0.15, -0.1) is 0 Å². The van der Waals surface area contributed by atoms with Crippen LogP contribution in [0.5, 0.6) is 0 Å². The van der Waals surface area contributed by atoms with Gasteiger partial charge < -0.3 is 11.1 Å². The van der Waals surface area contributed by atoms with Gasteiger partial charge in [0.2, 0.25) is 5.91 Å². The standard InChI is InChI=1S/C14H19FN2O/c1-10-8-11(2-3-12(10)15)4-7-17-13(18)14(9-16)5-6-14/h2-3,8H,4-7,9,16H2,1H3,(H,17,18). The Labute approximate surface area is 107 Å². The van der Waals surface area contributed by atoms with Crippen molar-refractivity contribution in [2.75, 3.05) is 13.1 Å². The lowest BCUT2D eigenvalue weighted by Crippen LogP contribution is -2.37. The Hall–Kier alpha value is -1.42. The Balaban J connectivity index is 1.82. The summed E-state index contributed by atoms with van der Waals surface area (Å²) in [6.07, 6.45) is 2.50. The second-order valence-corrected chi connectivity index (χ2v) is 5.07. The Kier molecular flexibility index (Phi) is 3.66. The summed E-state index contributed by atoms with van der Waals surface area (Å²) in [6, 6.07) is 5.04. The van der Waals surface area contributed by atoms with E-state index in [1.165, 1.54) is 6.07 Å². The van der Waals surface area contributed by atoms with E-state index in [0.29, 0.717) is 25.1 Å². The maximum Gasteiger partial charge on any atom is 0.227 e. The van der Waals surface area contributed by atoms with Crippen LogP contribution in [0.4, 0.5) is 4.39 Å². The molecule has 1 aliphatic carbocycles. The third-order valence-electron chi connectivity index (χ3n) is 3.65. The summed E-state index contributed by atoms with van der Waals surface area (Å²) < 4.78 is 13.1. The number of hydrogen-bond donors (Lipinski definition) is 2. The number of carbonyl (C=O) groups excluding carboxylic acids is 1. The normalized spacial score (nSPS) is 16.4. The molecule has 0 aromatic heterocycles. The molecule has 4 heteroatoms. The van der Waals surface area contributed by atoms with Crippen LogP contribution < -0.4 is 11.1 Å². The van der Waals surface area contributed by atoms with E-state index in [4.69, 9.17) is 5.73 Å². The maximum atomic E-state index is 13.1. The molecule has 1 amide bonds. The number of benzene rings is 1. The lowest BCUT2D eigenvalue weighted by molar-refractivity contribution is -0.125. The molecule has 1 saturated carbocycles. The van der Waals surface area contributed by atoms with Crippen LogP contribution in [-0.2, 0) is 11.2 Å². The minimum atomic E-state index is -0.293. The molecule has 98 valence electrons. The van der Waals surface area contributed by atoms with Gasteiger partial charge in [-0.3, -0.25) is 4.79 Å². The van der Waals surface area contributed by atoms with E-state index in [0.717, 1.165) is 18.4 Å². The molecule has 0 unspecified atom stereocenters. The van der Waals surface area contributed by atoms with E-state index < -0.39 is 0 Å². The molecule has 0 atom stereocenters. The van der Waals surface area contributed by atoms with Crippen LogP contribution >= 0.6 is 0 Å². The summed E-state index contributed by atoms with van der Waals surface area (Å²) in [4.78, 5) is 11.8. The van der Waals surface area contributed by atoms with Crippen molar-refractivity contribution in [1.82, 2.24) is 5.32 Å². The predicted octanol–water partition coefficient (Wildman–Crippen LogP) is 1.53. The minimum Gasteiger partial charge on any atom is -0.355 e. The molecule has 1 aliphatic rings. The number of hydrogen-bond acceptors (Lipinski definition) is 2. The molecule has 0 saturated heterocycles. The van der Waals surface area contributed by atoms with E-state index >= 15 is 0 Å². The zero-order chi connectivity index (χ0) is 13.2. The molecule has 0 radical (unpaired) electrons. The number of amides is 1. The summed E-state index contributed by atoms with van der Waals surface area (Å²) in [5.74, 6) is -0.133. The van der Waals surface area contributed by atoms with Crippen molar-refractivity contribution in [3.63, 3.8) is 0 Å². The van der Waals surface area contributed by atoms with E-state index in [-0.39, 0.29) is 17.1 Å². The highest BCUT2D eigenvalue weighted by Gasteiger charge is 2.48. The van der Waals surface area contributed by atoms with Crippen LogP contribution in [0.1, 0.15) is 24.0 Å². The molecule has 0 heterocycles. The Morgan fingerprint density at radius 2 is 2.22 bits per heavy atom. The van der Waals surface area contributed by atoms with E-state index in [1.54, 1.807) is 13.0 Å². The highest BCUT2D eigenvalue weighted by atomic mass is 19.1. The monoisotopic (exact) mass is 250 g/mol. The molecular formula is C14H19FN2O. The maximum absolute atomic E-state index is 13.1. The SMILES string of the molecule is Cc1cc(CCNC(=O)C2(CN)CC2)ccc1F. The van der Waals surface area contributed by atoms with Crippen molar-refractivity contribution in [3.05, 3.63) is 35.1 Å². The topological polar surface area (TPSA) is 55.1 Å². The van der Waals surface area contributed by atoms with Crippen molar-refractivity contribution in [2.45, 2.75) is 26.2 Å². The van der Waals surface area contributed by atoms with Gasteiger partial charge in [-0.25, -0.2) is 4.39 Å². The van der Waals surface area contributed by atoms with Gasteiger partial charge in [-0.05, 0) is 43.4 Å². The fraction of sp³-hybridized carbons (Fsp3) is 0.500. The first-order valence-electron chi connectivity index (χ1n) is 6.31. The molecule has 0 spiro atoms. The zero-order valence-electron chi connectivity index (χ0n) is 10.6. The Morgan fingerprint density at radius 3 is 2.78 bits per heavy atom. The summed E-state index contributed by atoms with van der Waals surface area (Å²) in [6.45, 7) is 2.74. The lowest BCUT2D eigenvalue weighted by Gasteiger charge is -2.12. The number of nitrogens with two attached hydrogens (primary N) is 1. The average molecular weight is 250 g/mol. The molecule has 3 N–H and O–H groups in total. The van der Waals surface area contributed by atoms with Crippen LogP contribution in [-0.4, -0.2) is 19.0 Å². The van der Waals surface area contributed by atoms with Gasteiger partial charge in [0, 0.05) is 13.1 Å². The number of carbonyl (C=O) groups is 1. The molecular weight excluding hydrogens is 231 g/mol. The van der Waals surface area contributed by atoms with Crippen molar-refractivity contribution in [2.24, 2.45) is 11.1 Å². The van der Waals surface area contributed by atoms with Gasteiger partial charge in [-0.2, -0.15) is 0 Å². The van der Waals surface area contributed by atoms with Gasteiger partial charge in [0.05, 0.1) is 5.41 Å².